The Hall–Kier alpha value is -3.57. The van der Waals surface area contributed by atoms with Crippen molar-refractivity contribution in [2.75, 3.05) is 4.90 Å². The topological polar surface area (TPSA) is 67.3 Å². The highest BCUT2D eigenvalue weighted by atomic mass is 35.5. The average molecular weight is 455 g/mol. The summed E-state index contributed by atoms with van der Waals surface area (Å²) in [7, 11) is 0. The van der Waals surface area contributed by atoms with Crippen LogP contribution in [-0.2, 0) is 4.79 Å². The lowest BCUT2D eigenvalue weighted by atomic mass is 9.64. The van der Waals surface area contributed by atoms with Crippen LogP contribution in [0.25, 0.3) is 6.08 Å². The lowest BCUT2D eigenvalue weighted by Crippen LogP contribution is -2.48. The molecule has 3 aliphatic rings. The molecule has 0 unspecified atom stereocenters. The van der Waals surface area contributed by atoms with Crippen LogP contribution in [0.3, 0.4) is 0 Å². The molecule has 33 heavy (non-hydrogen) atoms. The van der Waals surface area contributed by atoms with Crippen LogP contribution in [0.4, 0.5) is 5.69 Å². The van der Waals surface area contributed by atoms with Gasteiger partial charge in [0.25, 0.3) is 0 Å². The third-order valence-corrected chi connectivity index (χ3v) is 7.46. The van der Waals surface area contributed by atoms with Crippen LogP contribution in [-0.4, -0.2) is 34.4 Å². The van der Waals surface area contributed by atoms with Gasteiger partial charge in [0.1, 0.15) is 5.41 Å². The molecule has 3 atom stereocenters. The Labute approximate surface area is 195 Å². The maximum Gasteiger partial charge on any atom is 0.180 e. The predicted molar refractivity (Wildman–Crippen MR) is 126 cm³/mol. The molecule has 2 aromatic carbocycles. The molecule has 6 heteroatoms. The van der Waals surface area contributed by atoms with Crippen molar-refractivity contribution >= 4 is 40.7 Å². The molecule has 1 spiro atoms. The van der Waals surface area contributed by atoms with E-state index in [2.05, 4.69) is 4.98 Å². The van der Waals surface area contributed by atoms with Crippen LogP contribution in [0.15, 0.2) is 73.1 Å². The normalized spacial score (nSPS) is 24.1. The van der Waals surface area contributed by atoms with Gasteiger partial charge in [0.2, 0.25) is 0 Å². The summed E-state index contributed by atoms with van der Waals surface area (Å²) in [5.74, 6) is -1.28. The molecule has 0 N–H and O–H groups in total. The lowest BCUT2D eigenvalue weighted by Gasteiger charge is -2.37. The fourth-order valence-corrected chi connectivity index (χ4v) is 6.21. The molecule has 162 valence electrons. The molecule has 3 aromatic rings. The number of halogens is 1. The van der Waals surface area contributed by atoms with Crippen molar-refractivity contribution in [2.24, 2.45) is 5.41 Å². The molecular weight excluding hydrogens is 436 g/mol. The minimum Gasteiger partial charge on any atom is -0.352 e. The summed E-state index contributed by atoms with van der Waals surface area (Å²) in [6.07, 6.45) is 7.09. The first-order valence-corrected chi connectivity index (χ1v) is 11.2. The van der Waals surface area contributed by atoms with Gasteiger partial charge in [-0.15, -0.1) is 0 Å². The van der Waals surface area contributed by atoms with Crippen LogP contribution >= 0.6 is 11.6 Å². The summed E-state index contributed by atoms with van der Waals surface area (Å²) >= 11 is 6.24. The van der Waals surface area contributed by atoms with E-state index in [1.807, 2.05) is 35.3 Å². The van der Waals surface area contributed by atoms with Gasteiger partial charge in [-0.25, -0.2) is 0 Å². The van der Waals surface area contributed by atoms with E-state index in [-0.39, 0.29) is 17.3 Å². The summed E-state index contributed by atoms with van der Waals surface area (Å²) in [6, 6.07) is 14.7. The molecule has 3 heterocycles. The summed E-state index contributed by atoms with van der Waals surface area (Å²) in [4.78, 5) is 47.8. The molecule has 1 aliphatic carbocycles. The van der Waals surface area contributed by atoms with Gasteiger partial charge in [0.15, 0.2) is 17.3 Å². The minimum atomic E-state index is -1.46. The Kier molecular flexibility index (Phi) is 4.23. The average Bonchev–Trinajstić information content (AvgIpc) is 3.26. The Morgan fingerprint density at radius 2 is 1.76 bits per heavy atom. The molecule has 0 saturated carbocycles. The molecule has 0 bridgehead atoms. The van der Waals surface area contributed by atoms with E-state index in [1.165, 1.54) is 6.92 Å². The highest BCUT2D eigenvalue weighted by Gasteiger charge is 2.71. The zero-order valence-electron chi connectivity index (χ0n) is 17.7. The predicted octanol–water partition coefficient (Wildman–Crippen LogP) is 4.76. The Morgan fingerprint density at radius 3 is 2.39 bits per heavy atom. The van der Waals surface area contributed by atoms with Crippen molar-refractivity contribution in [3.63, 3.8) is 0 Å². The van der Waals surface area contributed by atoms with Crippen molar-refractivity contribution < 1.29 is 14.4 Å². The number of carbonyl (C=O) groups is 3. The zero-order chi connectivity index (χ0) is 22.9. The van der Waals surface area contributed by atoms with E-state index in [0.29, 0.717) is 21.7 Å². The number of benzene rings is 2. The summed E-state index contributed by atoms with van der Waals surface area (Å²) in [6.45, 7) is 1.52. The number of pyridine rings is 1. The van der Waals surface area contributed by atoms with Gasteiger partial charge >= 0.3 is 0 Å². The second-order valence-electron chi connectivity index (χ2n) is 8.81. The number of carbonyl (C=O) groups excluding carboxylic acids is 3. The number of hydrogen-bond donors (Lipinski definition) is 0. The van der Waals surface area contributed by atoms with Crippen molar-refractivity contribution in [1.29, 1.82) is 0 Å². The second-order valence-corrected chi connectivity index (χ2v) is 9.24. The molecule has 1 saturated heterocycles. The number of aromatic nitrogens is 1. The van der Waals surface area contributed by atoms with E-state index >= 15 is 0 Å². The van der Waals surface area contributed by atoms with Gasteiger partial charge in [0.05, 0.1) is 12.1 Å². The number of rotatable bonds is 2. The molecule has 2 aliphatic heterocycles. The maximum absolute atomic E-state index is 14.2. The van der Waals surface area contributed by atoms with Crippen molar-refractivity contribution in [2.45, 2.75) is 24.9 Å². The quantitative estimate of drug-likeness (QED) is 0.522. The number of anilines is 1. The molecule has 1 fully saturated rings. The van der Waals surface area contributed by atoms with Crippen LogP contribution in [0.5, 0.6) is 0 Å². The third-order valence-electron chi connectivity index (χ3n) is 7.23. The van der Waals surface area contributed by atoms with Crippen molar-refractivity contribution in [3.05, 3.63) is 100 Å². The number of hydrogen-bond acceptors (Lipinski definition) is 5. The first-order chi connectivity index (χ1) is 16.0. The van der Waals surface area contributed by atoms with E-state index in [1.54, 1.807) is 48.8 Å². The highest BCUT2D eigenvalue weighted by molar-refractivity contribution is 6.32. The maximum atomic E-state index is 14.2. The molecule has 1 aromatic heterocycles. The van der Waals surface area contributed by atoms with Crippen LogP contribution < -0.4 is 4.90 Å². The fourth-order valence-electron chi connectivity index (χ4n) is 6.03. The Balaban J connectivity index is 1.68. The smallest absolute Gasteiger partial charge is 0.180 e. The number of nitrogens with zero attached hydrogens (tertiary/aromatic N) is 2. The van der Waals surface area contributed by atoms with Gasteiger partial charge in [-0.2, -0.15) is 0 Å². The molecule has 0 amide bonds. The van der Waals surface area contributed by atoms with Crippen LogP contribution in [0.1, 0.15) is 44.7 Å². The summed E-state index contributed by atoms with van der Waals surface area (Å²) < 4.78 is 0. The standard InChI is InChI=1S/C27H19ClN2O3/c1-15(31)24-23(17-5-4-12-29-14-17)27(25(32)19-6-2-3-7-20(19)26(27)33)22-11-8-16-13-18(28)9-10-21(16)30(22)24/h2-14,22-24H,1H3/t22-,23-,24-/m0/s1. The first-order valence-electron chi connectivity index (χ1n) is 10.8. The summed E-state index contributed by atoms with van der Waals surface area (Å²) in [5.41, 5.74) is 1.70. The fraction of sp³-hybridized carbons (Fsp3) is 0.185. The zero-order valence-corrected chi connectivity index (χ0v) is 18.5. The highest BCUT2D eigenvalue weighted by Crippen LogP contribution is 2.60. The van der Waals surface area contributed by atoms with Gasteiger partial charge in [-0.1, -0.05) is 54.1 Å². The SMILES string of the molecule is CC(=O)[C@H]1[C@H](c2cccnc2)C2(C(=O)c3ccccc3C2=O)[C@@H]2C=Cc3cc(Cl)ccc3N21. The molecular formula is C27H19ClN2O3. The van der Waals surface area contributed by atoms with Crippen LogP contribution in [0.2, 0.25) is 5.02 Å². The Bertz CT molecular complexity index is 1350. The van der Waals surface area contributed by atoms with Gasteiger partial charge in [-0.05, 0) is 42.3 Å². The first kappa shape index (κ1) is 20.1. The number of fused-ring (bicyclic) bond motifs is 5. The third kappa shape index (κ3) is 2.48. The van der Waals surface area contributed by atoms with Crippen molar-refractivity contribution in [3.8, 4) is 0 Å². The van der Waals surface area contributed by atoms with E-state index in [4.69, 9.17) is 11.6 Å². The lowest BCUT2D eigenvalue weighted by molar-refractivity contribution is -0.118. The second kappa shape index (κ2) is 6.96. The van der Waals surface area contributed by atoms with E-state index in [0.717, 1.165) is 11.3 Å². The molecule has 6 rings (SSSR count). The van der Waals surface area contributed by atoms with Crippen LogP contribution in [0, 0.1) is 5.41 Å². The van der Waals surface area contributed by atoms with E-state index < -0.39 is 23.4 Å². The summed E-state index contributed by atoms with van der Waals surface area (Å²) in [5, 5.41) is 0.578. The van der Waals surface area contributed by atoms with Gasteiger partial charge in [0, 0.05) is 40.1 Å². The van der Waals surface area contributed by atoms with Gasteiger partial charge < -0.3 is 4.90 Å². The molecule has 0 radical (unpaired) electrons. The largest absolute Gasteiger partial charge is 0.352 e. The monoisotopic (exact) mass is 454 g/mol. The Morgan fingerprint density at radius 1 is 1.03 bits per heavy atom. The number of Topliss-reactive ketones (excluding diaryl/α,β-unsaturated/α-hetero) is 3. The van der Waals surface area contributed by atoms with Gasteiger partial charge in [-0.3, -0.25) is 19.4 Å². The minimum absolute atomic E-state index is 0.113. The molecule has 5 nitrogen and oxygen atoms in total. The van der Waals surface area contributed by atoms with Crippen molar-refractivity contribution in [1.82, 2.24) is 4.98 Å². The van der Waals surface area contributed by atoms with E-state index in [9.17, 15) is 14.4 Å². The number of ketones is 3.